The molecule has 18 heavy (non-hydrogen) atoms. The Labute approximate surface area is 109 Å². The van der Waals surface area contributed by atoms with Gasteiger partial charge in [-0.2, -0.15) is 5.10 Å². The van der Waals surface area contributed by atoms with Crippen molar-refractivity contribution in [1.29, 1.82) is 0 Å². The van der Waals surface area contributed by atoms with Crippen molar-refractivity contribution in [2.45, 2.75) is 6.92 Å². The van der Waals surface area contributed by atoms with E-state index in [2.05, 4.69) is 34.9 Å². The van der Waals surface area contributed by atoms with E-state index in [0.717, 1.165) is 29.1 Å². The number of anilines is 1. The maximum Gasteiger partial charge on any atom is 0.0911 e. The van der Waals surface area contributed by atoms with Crippen molar-refractivity contribution in [3.05, 3.63) is 29.8 Å². The van der Waals surface area contributed by atoms with E-state index in [-0.39, 0.29) is 0 Å². The molecule has 0 bridgehead atoms. The van der Waals surface area contributed by atoms with E-state index in [4.69, 9.17) is 4.98 Å². The summed E-state index contributed by atoms with van der Waals surface area (Å²) < 4.78 is 3.05. The third-order valence-electron chi connectivity index (χ3n) is 2.86. The Kier molecular flexibility index (Phi) is 2.76. The Morgan fingerprint density at radius 2 is 2.28 bits per heavy atom. The summed E-state index contributed by atoms with van der Waals surface area (Å²) in [6.07, 6.45) is 1.79. The van der Waals surface area contributed by atoms with Crippen molar-refractivity contribution in [3.8, 4) is 11.4 Å². The highest BCUT2D eigenvalue weighted by atomic mass is 32.1. The van der Waals surface area contributed by atoms with Gasteiger partial charge in [0.1, 0.15) is 0 Å². The fourth-order valence-corrected chi connectivity index (χ4v) is 2.86. The molecule has 0 aliphatic rings. The number of aromatic nitrogens is 3. The Balaban J connectivity index is 2.21. The van der Waals surface area contributed by atoms with E-state index < -0.39 is 0 Å². The Bertz CT molecular complexity index is 683. The molecule has 3 heterocycles. The molecule has 0 spiro atoms. The molecule has 3 aromatic heterocycles. The average Bonchev–Trinajstić information content (AvgIpc) is 2.97. The first-order valence-corrected chi connectivity index (χ1v) is 6.78. The third-order valence-corrected chi connectivity index (χ3v) is 3.80. The average molecular weight is 258 g/mol. The number of nitrogens with zero attached hydrogens (tertiary/aromatic N) is 3. The molecule has 92 valence electrons. The highest BCUT2D eigenvalue weighted by Gasteiger charge is 2.10. The van der Waals surface area contributed by atoms with Crippen LogP contribution in [0.1, 0.15) is 6.92 Å². The van der Waals surface area contributed by atoms with Crippen LogP contribution in [0.25, 0.3) is 21.6 Å². The normalized spacial score (nSPS) is 11.0. The standard InChI is InChI=1S/C13H14N4S/c1-3-14-11-8-10(12-4-6-15-17(12)2)16-9-5-7-18-13(9)11/h4-8H,3H2,1-2H3,(H,14,16). The lowest BCUT2D eigenvalue weighted by Gasteiger charge is -2.08. The molecule has 1 N–H and O–H groups in total. The third kappa shape index (κ3) is 1.76. The van der Waals surface area contributed by atoms with Crippen molar-refractivity contribution >= 4 is 27.2 Å². The minimum atomic E-state index is 0.905. The van der Waals surface area contributed by atoms with Crippen molar-refractivity contribution in [3.63, 3.8) is 0 Å². The quantitative estimate of drug-likeness (QED) is 0.785. The topological polar surface area (TPSA) is 42.7 Å². The van der Waals surface area contributed by atoms with Gasteiger partial charge in [-0.1, -0.05) is 0 Å². The summed E-state index contributed by atoms with van der Waals surface area (Å²) in [5.74, 6) is 0. The molecule has 0 saturated heterocycles. The molecule has 0 radical (unpaired) electrons. The van der Waals surface area contributed by atoms with Gasteiger partial charge in [0, 0.05) is 19.8 Å². The molecule has 0 saturated carbocycles. The molecular weight excluding hydrogens is 244 g/mol. The highest BCUT2D eigenvalue weighted by molar-refractivity contribution is 7.17. The van der Waals surface area contributed by atoms with Crippen molar-refractivity contribution in [1.82, 2.24) is 14.8 Å². The van der Waals surface area contributed by atoms with Crippen molar-refractivity contribution < 1.29 is 0 Å². The summed E-state index contributed by atoms with van der Waals surface area (Å²) in [5, 5.41) is 9.67. The number of fused-ring (bicyclic) bond motifs is 1. The van der Waals surface area contributed by atoms with E-state index in [0.29, 0.717) is 0 Å². The van der Waals surface area contributed by atoms with Gasteiger partial charge in [0.2, 0.25) is 0 Å². The minimum Gasteiger partial charge on any atom is -0.384 e. The molecule has 0 amide bonds. The zero-order valence-corrected chi connectivity index (χ0v) is 11.2. The predicted molar refractivity (Wildman–Crippen MR) is 76.0 cm³/mol. The van der Waals surface area contributed by atoms with Gasteiger partial charge in [0.25, 0.3) is 0 Å². The Morgan fingerprint density at radius 3 is 3.00 bits per heavy atom. The number of hydrogen-bond acceptors (Lipinski definition) is 4. The Hall–Kier alpha value is -1.88. The first kappa shape index (κ1) is 11.2. The van der Waals surface area contributed by atoms with Crippen LogP contribution in [0.2, 0.25) is 0 Å². The van der Waals surface area contributed by atoms with Gasteiger partial charge >= 0.3 is 0 Å². The molecule has 3 aromatic rings. The lowest BCUT2D eigenvalue weighted by molar-refractivity contribution is 0.774. The summed E-state index contributed by atoms with van der Waals surface area (Å²) >= 11 is 1.72. The number of thiophene rings is 1. The number of pyridine rings is 1. The van der Waals surface area contributed by atoms with E-state index in [9.17, 15) is 0 Å². The van der Waals surface area contributed by atoms with Gasteiger partial charge < -0.3 is 5.32 Å². The van der Waals surface area contributed by atoms with Crippen LogP contribution in [-0.4, -0.2) is 21.3 Å². The first-order chi connectivity index (χ1) is 8.79. The molecule has 0 atom stereocenters. The molecular formula is C13H14N4S. The summed E-state index contributed by atoms with van der Waals surface area (Å²) in [6, 6.07) is 6.14. The SMILES string of the molecule is CCNc1cc(-c2ccnn2C)nc2ccsc12. The van der Waals surface area contributed by atoms with Crippen LogP contribution in [0.4, 0.5) is 5.69 Å². The molecule has 0 aromatic carbocycles. The number of aryl methyl sites for hydroxylation is 1. The summed E-state index contributed by atoms with van der Waals surface area (Å²) in [5.41, 5.74) is 4.17. The van der Waals surface area contributed by atoms with Gasteiger partial charge in [0.05, 0.1) is 27.3 Å². The fourth-order valence-electron chi connectivity index (χ4n) is 2.03. The summed E-state index contributed by atoms with van der Waals surface area (Å²) in [4.78, 5) is 4.69. The van der Waals surface area contributed by atoms with E-state index in [1.807, 2.05) is 17.8 Å². The number of rotatable bonds is 3. The molecule has 3 rings (SSSR count). The Morgan fingerprint density at radius 1 is 1.39 bits per heavy atom. The zero-order chi connectivity index (χ0) is 12.5. The van der Waals surface area contributed by atoms with Crippen LogP contribution in [0.3, 0.4) is 0 Å². The number of nitrogens with one attached hydrogen (secondary N) is 1. The van der Waals surface area contributed by atoms with Gasteiger partial charge in [-0.25, -0.2) is 4.98 Å². The number of hydrogen-bond donors (Lipinski definition) is 1. The second-order valence-corrected chi connectivity index (χ2v) is 4.98. The second kappa shape index (κ2) is 4.42. The lowest BCUT2D eigenvalue weighted by Crippen LogP contribution is -2.00. The first-order valence-electron chi connectivity index (χ1n) is 5.90. The van der Waals surface area contributed by atoms with Gasteiger partial charge in [0.15, 0.2) is 0 Å². The summed E-state index contributed by atoms with van der Waals surface area (Å²) in [7, 11) is 1.93. The minimum absolute atomic E-state index is 0.905. The van der Waals surface area contributed by atoms with Crippen LogP contribution in [0, 0.1) is 0 Å². The fraction of sp³-hybridized carbons (Fsp3) is 0.231. The largest absolute Gasteiger partial charge is 0.384 e. The molecule has 0 unspecified atom stereocenters. The van der Waals surface area contributed by atoms with E-state index in [1.165, 1.54) is 4.70 Å². The maximum absolute atomic E-state index is 4.69. The van der Waals surface area contributed by atoms with E-state index in [1.54, 1.807) is 17.5 Å². The molecule has 0 fully saturated rings. The van der Waals surface area contributed by atoms with Crippen LogP contribution in [0.5, 0.6) is 0 Å². The maximum atomic E-state index is 4.69. The van der Waals surface area contributed by atoms with Crippen LogP contribution in [-0.2, 0) is 7.05 Å². The lowest BCUT2D eigenvalue weighted by atomic mass is 10.2. The monoisotopic (exact) mass is 258 g/mol. The van der Waals surface area contributed by atoms with Crippen molar-refractivity contribution in [2.75, 3.05) is 11.9 Å². The van der Waals surface area contributed by atoms with Gasteiger partial charge in [-0.3, -0.25) is 4.68 Å². The second-order valence-electron chi connectivity index (χ2n) is 4.06. The van der Waals surface area contributed by atoms with Crippen molar-refractivity contribution in [2.24, 2.45) is 7.05 Å². The van der Waals surface area contributed by atoms with Gasteiger partial charge in [-0.05, 0) is 30.5 Å². The smallest absolute Gasteiger partial charge is 0.0911 e. The van der Waals surface area contributed by atoms with Crippen LogP contribution in [0.15, 0.2) is 29.8 Å². The van der Waals surface area contributed by atoms with E-state index >= 15 is 0 Å². The summed E-state index contributed by atoms with van der Waals surface area (Å²) in [6.45, 7) is 3.01. The van der Waals surface area contributed by atoms with Crippen LogP contribution < -0.4 is 5.32 Å². The molecule has 0 aliphatic carbocycles. The van der Waals surface area contributed by atoms with Crippen LogP contribution >= 0.6 is 11.3 Å². The predicted octanol–water partition coefficient (Wildman–Crippen LogP) is 3.13. The van der Waals surface area contributed by atoms with Gasteiger partial charge in [-0.15, -0.1) is 11.3 Å². The molecule has 0 aliphatic heterocycles. The highest BCUT2D eigenvalue weighted by Crippen LogP contribution is 2.31. The molecule has 5 heteroatoms. The molecule has 4 nitrogen and oxygen atoms in total. The zero-order valence-electron chi connectivity index (χ0n) is 10.3.